The topological polar surface area (TPSA) is 47.6 Å². The van der Waals surface area contributed by atoms with E-state index in [9.17, 15) is 4.79 Å². The lowest BCUT2D eigenvalue weighted by Gasteiger charge is -2.36. The summed E-state index contributed by atoms with van der Waals surface area (Å²) in [5.74, 6) is 0.0524. The van der Waals surface area contributed by atoms with Gasteiger partial charge < -0.3 is 14.5 Å². The first-order chi connectivity index (χ1) is 12.5. The fraction of sp³-hybridized carbons (Fsp3) is 0.571. The van der Waals surface area contributed by atoms with Crippen LogP contribution in [0.2, 0.25) is 18.1 Å². The Morgan fingerprint density at radius 2 is 1.85 bits per heavy atom. The Balaban J connectivity index is 3.11. The maximum absolute atomic E-state index is 12.1. The second kappa shape index (κ2) is 10.2. The van der Waals surface area contributed by atoms with E-state index in [2.05, 4.69) is 46.1 Å². The predicted molar refractivity (Wildman–Crippen MR) is 118 cm³/mol. The van der Waals surface area contributed by atoms with Crippen LogP contribution in [0.1, 0.15) is 46.2 Å². The van der Waals surface area contributed by atoms with Gasteiger partial charge in [0.1, 0.15) is 0 Å². The van der Waals surface area contributed by atoms with E-state index >= 15 is 0 Å². The van der Waals surface area contributed by atoms with Crippen LogP contribution in [0.3, 0.4) is 0 Å². The Hall–Kier alpha value is -1.40. The molecule has 0 aliphatic carbocycles. The smallest absolute Gasteiger partial charge is 0.407 e. The van der Waals surface area contributed by atoms with Gasteiger partial charge in [0.05, 0.1) is 18.9 Å². The summed E-state index contributed by atoms with van der Waals surface area (Å²) in [6.07, 6.45) is 3.56. The van der Waals surface area contributed by atoms with E-state index in [1.807, 2.05) is 42.8 Å². The molecule has 6 heteroatoms. The predicted octanol–water partition coefficient (Wildman–Crippen LogP) is 6.34. The molecule has 27 heavy (non-hydrogen) atoms. The van der Waals surface area contributed by atoms with E-state index in [1.54, 1.807) is 18.7 Å². The molecule has 2 atom stereocenters. The van der Waals surface area contributed by atoms with Crippen LogP contribution in [0.4, 0.5) is 4.79 Å². The SMILES string of the molecule is CCOC(=O)N[C@H](c1ccccc1)[C@@H](C)/C(=C/O[Si](C)(C)C(C)(C)C)SC. The van der Waals surface area contributed by atoms with Gasteiger partial charge in [0.2, 0.25) is 8.32 Å². The molecule has 1 N–H and O–H groups in total. The summed E-state index contributed by atoms with van der Waals surface area (Å²) >= 11 is 1.66. The fourth-order valence-corrected chi connectivity index (χ4v) is 3.86. The van der Waals surface area contributed by atoms with E-state index in [-0.39, 0.29) is 17.0 Å². The van der Waals surface area contributed by atoms with Crippen molar-refractivity contribution in [2.24, 2.45) is 5.92 Å². The molecule has 0 spiro atoms. The van der Waals surface area contributed by atoms with E-state index in [0.29, 0.717) is 6.61 Å². The summed E-state index contributed by atoms with van der Waals surface area (Å²) in [6.45, 7) is 15.4. The second-order valence-electron chi connectivity index (χ2n) is 8.14. The monoisotopic (exact) mass is 409 g/mol. The number of amides is 1. The van der Waals surface area contributed by atoms with Gasteiger partial charge in [-0.3, -0.25) is 0 Å². The Morgan fingerprint density at radius 3 is 2.33 bits per heavy atom. The van der Waals surface area contributed by atoms with Crippen LogP contribution in [0.5, 0.6) is 0 Å². The highest BCUT2D eigenvalue weighted by Crippen LogP contribution is 2.39. The summed E-state index contributed by atoms with van der Waals surface area (Å²) < 4.78 is 11.4. The number of hydrogen-bond acceptors (Lipinski definition) is 4. The number of alkyl carbamates (subject to hydrolysis) is 1. The minimum Gasteiger partial charge on any atom is -0.548 e. The van der Waals surface area contributed by atoms with E-state index < -0.39 is 14.4 Å². The minimum atomic E-state index is -1.89. The first kappa shape index (κ1) is 23.6. The molecule has 4 nitrogen and oxygen atoms in total. The van der Waals surface area contributed by atoms with Gasteiger partial charge in [-0.05, 0) is 36.9 Å². The lowest BCUT2D eigenvalue weighted by Crippen LogP contribution is -2.39. The quantitative estimate of drug-likeness (QED) is 0.402. The van der Waals surface area contributed by atoms with Crippen molar-refractivity contribution in [3.8, 4) is 0 Å². The highest BCUT2D eigenvalue weighted by molar-refractivity contribution is 8.02. The van der Waals surface area contributed by atoms with Crippen molar-refractivity contribution in [2.45, 2.75) is 58.8 Å². The van der Waals surface area contributed by atoms with Crippen molar-refractivity contribution in [1.29, 1.82) is 0 Å². The number of thioether (sulfide) groups is 1. The average Bonchev–Trinajstić information content (AvgIpc) is 2.60. The highest BCUT2D eigenvalue weighted by Gasteiger charge is 2.38. The molecule has 1 aromatic carbocycles. The van der Waals surface area contributed by atoms with Crippen molar-refractivity contribution >= 4 is 26.2 Å². The zero-order chi connectivity index (χ0) is 20.7. The van der Waals surface area contributed by atoms with E-state index in [1.165, 1.54) is 0 Å². The second-order valence-corrected chi connectivity index (χ2v) is 13.8. The Labute approximate surface area is 170 Å². The molecule has 0 aliphatic rings. The van der Waals surface area contributed by atoms with Crippen LogP contribution in [0, 0.1) is 5.92 Å². The number of carbonyl (C=O) groups is 1. The van der Waals surface area contributed by atoms with Gasteiger partial charge in [0.25, 0.3) is 0 Å². The molecule has 1 aromatic rings. The standard InChI is InChI=1S/C21H35NO3SSi/c1-9-24-20(23)22-19(17-13-11-10-12-14-17)16(2)18(26-6)15-25-27(7,8)21(3,4)5/h10-16,19H,9H2,1-8H3,(H,22,23)/b18-15-/t16-,19-/m0/s1. The Morgan fingerprint density at radius 1 is 1.26 bits per heavy atom. The van der Waals surface area contributed by atoms with E-state index in [0.717, 1.165) is 10.5 Å². The van der Waals surface area contributed by atoms with Crippen LogP contribution in [0.25, 0.3) is 0 Å². The Kier molecular flexibility index (Phi) is 8.95. The Bertz CT molecular complexity index is 626. The van der Waals surface area contributed by atoms with Crippen molar-refractivity contribution in [3.63, 3.8) is 0 Å². The van der Waals surface area contributed by atoms with Crippen molar-refractivity contribution in [3.05, 3.63) is 47.1 Å². The van der Waals surface area contributed by atoms with Crippen molar-refractivity contribution in [1.82, 2.24) is 5.32 Å². The minimum absolute atomic E-state index is 0.0524. The number of nitrogens with one attached hydrogen (secondary N) is 1. The van der Waals surface area contributed by atoms with Gasteiger partial charge in [0.15, 0.2) is 0 Å². The first-order valence-corrected chi connectivity index (χ1v) is 13.6. The van der Waals surface area contributed by atoms with E-state index in [4.69, 9.17) is 9.16 Å². The third kappa shape index (κ3) is 6.92. The molecule has 0 saturated carbocycles. The summed E-state index contributed by atoms with van der Waals surface area (Å²) in [7, 11) is -1.89. The van der Waals surface area contributed by atoms with Crippen LogP contribution in [-0.2, 0) is 9.16 Å². The molecular weight excluding hydrogens is 374 g/mol. The normalized spacial score (nSPS) is 15.0. The lowest BCUT2D eigenvalue weighted by molar-refractivity contribution is 0.145. The van der Waals surface area contributed by atoms with Gasteiger partial charge in [-0.15, -0.1) is 11.8 Å². The van der Waals surface area contributed by atoms with Crippen LogP contribution < -0.4 is 5.32 Å². The zero-order valence-corrected chi connectivity index (χ0v) is 19.8. The molecular formula is C21H35NO3SSi. The van der Waals surface area contributed by atoms with Crippen LogP contribution in [-0.4, -0.2) is 27.3 Å². The lowest BCUT2D eigenvalue weighted by atomic mass is 9.94. The molecule has 0 saturated heterocycles. The number of benzene rings is 1. The van der Waals surface area contributed by atoms with Gasteiger partial charge in [0, 0.05) is 10.8 Å². The molecule has 0 fully saturated rings. The van der Waals surface area contributed by atoms with Crippen molar-refractivity contribution in [2.75, 3.05) is 12.9 Å². The fourth-order valence-electron chi connectivity index (χ4n) is 2.34. The summed E-state index contributed by atoms with van der Waals surface area (Å²) in [4.78, 5) is 13.2. The molecule has 0 bridgehead atoms. The third-order valence-corrected chi connectivity index (χ3v) is 10.4. The van der Waals surface area contributed by atoms with Gasteiger partial charge >= 0.3 is 6.09 Å². The highest BCUT2D eigenvalue weighted by atomic mass is 32.2. The summed E-state index contributed by atoms with van der Waals surface area (Å²) in [6, 6.07) is 9.81. The molecule has 0 unspecified atom stereocenters. The number of carbonyl (C=O) groups excluding carboxylic acids is 1. The maximum atomic E-state index is 12.1. The van der Waals surface area contributed by atoms with Crippen LogP contribution >= 0.6 is 11.8 Å². The zero-order valence-electron chi connectivity index (χ0n) is 18.0. The molecule has 0 radical (unpaired) electrons. The first-order valence-electron chi connectivity index (χ1n) is 9.43. The molecule has 0 aromatic heterocycles. The molecule has 0 heterocycles. The number of ether oxygens (including phenoxy) is 1. The summed E-state index contributed by atoms with van der Waals surface area (Å²) in [5, 5.41) is 3.15. The maximum Gasteiger partial charge on any atom is 0.407 e. The van der Waals surface area contributed by atoms with Gasteiger partial charge in [-0.2, -0.15) is 0 Å². The average molecular weight is 410 g/mol. The third-order valence-electron chi connectivity index (χ3n) is 5.17. The van der Waals surface area contributed by atoms with Crippen molar-refractivity contribution < 1.29 is 14.0 Å². The molecule has 152 valence electrons. The number of hydrogen-bond donors (Lipinski definition) is 1. The summed E-state index contributed by atoms with van der Waals surface area (Å²) in [5.41, 5.74) is 1.05. The molecule has 1 rings (SSSR count). The molecule has 1 amide bonds. The largest absolute Gasteiger partial charge is 0.548 e. The molecule has 0 aliphatic heterocycles. The van der Waals surface area contributed by atoms with Crippen LogP contribution in [0.15, 0.2) is 41.5 Å². The van der Waals surface area contributed by atoms with Gasteiger partial charge in [-0.1, -0.05) is 58.0 Å². The van der Waals surface area contributed by atoms with Gasteiger partial charge in [-0.25, -0.2) is 4.79 Å². The number of rotatable bonds is 8.